The van der Waals surface area contributed by atoms with E-state index in [1.807, 2.05) is 7.05 Å². The summed E-state index contributed by atoms with van der Waals surface area (Å²) in [5.41, 5.74) is 0. The van der Waals surface area contributed by atoms with Gasteiger partial charge in [-0.2, -0.15) is 0 Å². The van der Waals surface area contributed by atoms with Crippen LogP contribution < -0.4 is 5.32 Å². The summed E-state index contributed by atoms with van der Waals surface area (Å²) in [6.45, 7) is 7.09. The molecule has 0 heterocycles. The van der Waals surface area contributed by atoms with E-state index >= 15 is 0 Å². The summed E-state index contributed by atoms with van der Waals surface area (Å²) >= 11 is 0. The molecule has 0 saturated heterocycles. The highest BCUT2D eigenvalue weighted by molar-refractivity contribution is 4.77. The Morgan fingerprint density at radius 1 is 1.27 bits per heavy atom. The van der Waals surface area contributed by atoms with E-state index in [-0.39, 0.29) is 0 Å². The van der Waals surface area contributed by atoms with Crippen LogP contribution in [0.5, 0.6) is 0 Å². The van der Waals surface area contributed by atoms with Gasteiger partial charge in [0.2, 0.25) is 0 Å². The topological polar surface area (TPSA) is 15.3 Å². The van der Waals surface area contributed by atoms with E-state index in [2.05, 4.69) is 31.1 Å². The van der Waals surface area contributed by atoms with E-state index in [9.17, 15) is 0 Å². The predicted octanol–water partition coefficient (Wildman–Crippen LogP) is 2.35. The fourth-order valence-electron chi connectivity index (χ4n) is 2.74. The second-order valence-corrected chi connectivity index (χ2v) is 5.52. The van der Waals surface area contributed by atoms with Crippen molar-refractivity contribution in [3.05, 3.63) is 0 Å². The zero-order valence-corrected chi connectivity index (χ0v) is 10.9. The monoisotopic (exact) mass is 212 g/mol. The fraction of sp³-hybridized carbons (Fsp3) is 1.00. The van der Waals surface area contributed by atoms with Gasteiger partial charge in [-0.25, -0.2) is 0 Å². The molecule has 0 aliphatic heterocycles. The van der Waals surface area contributed by atoms with Crippen LogP contribution in [-0.4, -0.2) is 38.1 Å². The van der Waals surface area contributed by atoms with Crippen molar-refractivity contribution in [3.8, 4) is 0 Å². The normalized spacial score (nSPS) is 29.4. The van der Waals surface area contributed by atoms with Gasteiger partial charge in [-0.15, -0.1) is 0 Å². The molecule has 1 unspecified atom stereocenters. The maximum Gasteiger partial charge on any atom is 0.00925 e. The van der Waals surface area contributed by atoms with Crippen molar-refractivity contribution in [1.82, 2.24) is 10.2 Å². The number of hydrogen-bond acceptors (Lipinski definition) is 2. The highest BCUT2D eigenvalue weighted by Crippen LogP contribution is 2.26. The highest BCUT2D eigenvalue weighted by Gasteiger charge is 2.22. The molecular weight excluding hydrogens is 184 g/mol. The summed E-state index contributed by atoms with van der Waals surface area (Å²) in [4.78, 5) is 2.58. The smallest absolute Gasteiger partial charge is 0.00925 e. The lowest BCUT2D eigenvalue weighted by Crippen LogP contribution is -2.39. The molecule has 1 N–H and O–H groups in total. The third-order valence-corrected chi connectivity index (χ3v) is 3.76. The summed E-state index contributed by atoms with van der Waals surface area (Å²) in [6, 6.07) is 0.848. The van der Waals surface area contributed by atoms with Gasteiger partial charge < -0.3 is 10.2 Å². The van der Waals surface area contributed by atoms with Crippen LogP contribution >= 0.6 is 0 Å². The Balaban J connectivity index is 2.24. The second kappa shape index (κ2) is 6.49. The molecule has 1 saturated carbocycles. The number of nitrogens with zero attached hydrogens (tertiary/aromatic N) is 1. The van der Waals surface area contributed by atoms with Crippen LogP contribution in [0.1, 0.15) is 39.5 Å². The summed E-state index contributed by atoms with van der Waals surface area (Å²) in [5, 5.41) is 3.26. The van der Waals surface area contributed by atoms with Crippen LogP contribution in [0, 0.1) is 11.8 Å². The molecule has 1 aliphatic carbocycles. The summed E-state index contributed by atoms with van der Waals surface area (Å²) in [6.07, 6.45) is 5.67. The molecule has 0 spiro atoms. The fourth-order valence-corrected chi connectivity index (χ4v) is 2.74. The maximum absolute atomic E-state index is 3.26. The van der Waals surface area contributed by atoms with Crippen molar-refractivity contribution < 1.29 is 0 Å². The molecular formula is C13H28N2. The average Bonchev–Trinajstić information content (AvgIpc) is 2.18. The Bertz CT molecular complexity index is 162. The van der Waals surface area contributed by atoms with Crippen molar-refractivity contribution in [3.63, 3.8) is 0 Å². The molecule has 0 aromatic rings. The van der Waals surface area contributed by atoms with Crippen molar-refractivity contribution in [2.75, 3.05) is 27.2 Å². The zero-order chi connectivity index (χ0) is 11.3. The first-order valence-corrected chi connectivity index (χ1v) is 6.48. The van der Waals surface area contributed by atoms with E-state index in [1.54, 1.807) is 0 Å². The lowest BCUT2D eigenvalue weighted by atomic mass is 9.86. The third-order valence-electron chi connectivity index (χ3n) is 3.76. The molecule has 15 heavy (non-hydrogen) atoms. The van der Waals surface area contributed by atoms with Crippen LogP contribution in [-0.2, 0) is 0 Å². The van der Waals surface area contributed by atoms with Crippen LogP contribution in [0.15, 0.2) is 0 Å². The quantitative estimate of drug-likeness (QED) is 0.752. The molecule has 1 aliphatic rings. The third kappa shape index (κ3) is 4.52. The predicted molar refractivity (Wildman–Crippen MR) is 67.1 cm³/mol. The lowest BCUT2D eigenvalue weighted by molar-refractivity contribution is 0.152. The molecule has 0 aromatic carbocycles. The van der Waals surface area contributed by atoms with E-state index in [0.29, 0.717) is 0 Å². The number of rotatable bonds is 5. The van der Waals surface area contributed by atoms with Crippen LogP contribution in [0.4, 0.5) is 0 Å². The molecule has 0 amide bonds. The van der Waals surface area contributed by atoms with Crippen molar-refractivity contribution in [1.29, 1.82) is 0 Å². The Morgan fingerprint density at radius 2 is 1.87 bits per heavy atom. The van der Waals surface area contributed by atoms with E-state index in [1.165, 1.54) is 32.2 Å². The SMILES string of the molecule is CNCC(C)CN(C)C1CCC(C)CC1. The van der Waals surface area contributed by atoms with Crippen LogP contribution in [0.2, 0.25) is 0 Å². The number of nitrogens with one attached hydrogen (secondary N) is 1. The molecule has 1 rings (SSSR count). The van der Waals surface area contributed by atoms with Gasteiger partial charge in [0.05, 0.1) is 0 Å². The molecule has 90 valence electrons. The lowest BCUT2D eigenvalue weighted by Gasteiger charge is -2.35. The Hall–Kier alpha value is -0.0800. The first-order chi connectivity index (χ1) is 7.13. The van der Waals surface area contributed by atoms with Gasteiger partial charge in [0.25, 0.3) is 0 Å². The van der Waals surface area contributed by atoms with Crippen LogP contribution in [0.3, 0.4) is 0 Å². The van der Waals surface area contributed by atoms with Gasteiger partial charge in [0.15, 0.2) is 0 Å². The highest BCUT2D eigenvalue weighted by atomic mass is 15.1. The average molecular weight is 212 g/mol. The molecule has 2 nitrogen and oxygen atoms in total. The van der Waals surface area contributed by atoms with Crippen LogP contribution in [0.25, 0.3) is 0 Å². The molecule has 2 heteroatoms. The first-order valence-electron chi connectivity index (χ1n) is 6.48. The molecule has 0 radical (unpaired) electrons. The summed E-state index contributed by atoms with van der Waals surface area (Å²) in [7, 11) is 4.34. The van der Waals surface area contributed by atoms with E-state index in [0.717, 1.165) is 24.4 Å². The molecule has 1 fully saturated rings. The van der Waals surface area contributed by atoms with Gasteiger partial charge >= 0.3 is 0 Å². The zero-order valence-electron chi connectivity index (χ0n) is 10.9. The summed E-state index contributed by atoms with van der Waals surface area (Å²) < 4.78 is 0. The number of hydrogen-bond donors (Lipinski definition) is 1. The molecule has 0 aromatic heterocycles. The van der Waals surface area contributed by atoms with Gasteiger partial charge in [0, 0.05) is 12.6 Å². The van der Waals surface area contributed by atoms with Crippen molar-refractivity contribution >= 4 is 0 Å². The van der Waals surface area contributed by atoms with Gasteiger partial charge in [0.1, 0.15) is 0 Å². The minimum atomic E-state index is 0.763. The molecule has 1 atom stereocenters. The maximum atomic E-state index is 3.26. The van der Waals surface area contributed by atoms with Crippen molar-refractivity contribution in [2.24, 2.45) is 11.8 Å². The van der Waals surface area contributed by atoms with Gasteiger partial charge in [-0.3, -0.25) is 0 Å². The Morgan fingerprint density at radius 3 is 2.40 bits per heavy atom. The Kier molecular flexibility index (Phi) is 5.62. The minimum Gasteiger partial charge on any atom is -0.319 e. The van der Waals surface area contributed by atoms with Crippen molar-refractivity contribution in [2.45, 2.75) is 45.6 Å². The Labute approximate surface area is 95.4 Å². The molecule has 0 bridgehead atoms. The minimum absolute atomic E-state index is 0.763. The first kappa shape index (κ1) is 13.0. The standard InChI is InChI=1S/C13H28N2/c1-11-5-7-13(8-6-11)15(4)10-12(2)9-14-3/h11-14H,5-10H2,1-4H3. The van der Waals surface area contributed by atoms with Gasteiger partial charge in [-0.1, -0.05) is 13.8 Å². The second-order valence-electron chi connectivity index (χ2n) is 5.52. The van der Waals surface area contributed by atoms with E-state index < -0.39 is 0 Å². The van der Waals surface area contributed by atoms with E-state index in [4.69, 9.17) is 0 Å². The van der Waals surface area contributed by atoms with Gasteiger partial charge in [-0.05, 0) is 58.2 Å². The summed E-state index contributed by atoms with van der Waals surface area (Å²) in [5.74, 6) is 1.73. The largest absolute Gasteiger partial charge is 0.319 e.